The maximum Gasteiger partial charge on any atom is 0.223 e. The van der Waals surface area contributed by atoms with E-state index in [1.165, 1.54) is 28.5 Å². The van der Waals surface area contributed by atoms with Gasteiger partial charge in [-0.2, -0.15) is 0 Å². The van der Waals surface area contributed by atoms with Crippen LogP contribution in [0.4, 0.5) is 5.13 Å². The van der Waals surface area contributed by atoms with Crippen molar-refractivity contribution in [2.24, 2.45) is 0 Å². The van der Waals surface area contributed by atoms with Crippen LogP contribution in [0.2, 0.25) is 0 Å². The summed E-state index contributed by atoms with van der Waals surface area (Å²) < 4.78 is 0. The second-order valence-corrected chi connectivity index (χ2v) is 7.04. The van der Waals surface area contributed by atoms with Crippen LogP contribution < -0.4 is 5.32 Å². The van der Waals surface area contributed by atoms with Crippen molar-refractivity contribution in [3.63, 3.8) is 0 Å². The standard InChI is InChI=1S/C17H21N3OS/c1-11-4-5-12(2)14(8-11)9-20-7-6-15-16(10-20)22-17(19-15)18-13(3)21/h4-5,8H,6-7,9-10H2,1-3H3,(H,18,19,21). The summed E-state index contributed by atoms with van der Waals surface area (Å²) in [5.41, 5.74) is 5.20. The van der Waals surface area contributed by atoms with Gasteiger partial charge in [-0.3, -0.25) is 9.69 Å². The Balaban J connectivity index is 1.72. The van der Waals surface area contributed by atoms with Crippen LogP contribution in [0.1, 0.15) is 34.2 Å². The lowest BCUT2D eigenvalue weighted by Crippen LogP contribution is -2.29. The molecule has 1 N–H and O–H groups in total. The van der Waals surface area contributed by atoms with Crippen molar-refractivity contribution in [3.8, 4) is 0 Å². The van der Waals surface area contributed by atoms with Crippen LogP contribution >= 0.6 is 11.3 Å². The quantitative estimate of drug-likeness (QED) is 0.945. The number of hydrogen-bond donors (Lipinski definition) is 1. The molecule has 2 aromatic rings. The molecular weight excluding hydrogens is 294 g/mol. The summed E-state index contributed by atoms with van der Waals surface area (Å²) >= 11 is 1.60. The second kappa shape index (κ2) is 6.18. The molecule has 0 spiro atoms. The number of thiazole rings is 1. The zero-order valence-electron chi connectivity index (χ0n) is 13.3. The predicted molar refractivity (Wildman–Crippen MR) is 90.2 cm³/mol. The summed E-state index contributed by atoms with van der Waals surface area (Å²) in [7, 11) is 0. The van der Waals surface area contributed by atoms with Crippen molar-refractivity contribution >= 4 is 22.4 Å². The number of rotatable bonds is 3. The molecule has 0 atom stereocenters. The van der Waals surface area contributed by atoms with Gasteiger partial charge in [-0.15, -0.1) is 11.3 Å². The minimum Gasteiger partial charge on any atom is -0.302 e. The first-order chi connectivity index (χ1) is 10.5. The van der Waals surface area contributed by atoms with Crippen molar-refractivity contribution in [3.05, 3.63) is 45.5 Å². The number of aryl methyl sites for hydroxylation is 2. The van der Waals surface area contributed by atoms with Gasteiger partial charge in [-0.05, 0) is 25.0 Å². The lowest BCUT2D eigenvalue weighted by atomic mass is 10.0. The highest BCUT2D eigenvalue weighted by Crippen LogP contribution is 2.29. The van der Waals surface area contributed by atoms with Crippen LogP contribution in [0.5, 0.6) is 0 Å². The van der Waals surface area contributed by atoms with Gasteiger partial charge in [0.05, 0.1) is 5.69 Å². The average Bonchev–Trinajstić information content (AvgIpc) is 2.83. The van der Waals surface area contributed by atoms with E-state index < -0.39 is 0 Å². The Morgan fingerprint density at radius 2 is 2.23 bits per heavy atom. The highest BCUT2D eigenvalue weighted by molar-refractivity contribution is 7.15. The van der Waals surface area contributed by atoms with E-state index in [1.54, 1.807) is 11.3 Å². The normalized spacial score (nSPS) is 14.7. The molecule has 0 saturated carbocycles. The van der Waals surface area contributed by atoms with Gasteiger partial charge in [0, 0.05) is 37.9 Å². The number of aromatic nitrogens is 1. The fourth-order valence-electron chi connectivity index (χ4n) is 2.80. The van der Waals surface area contributed by atoms with Crippen molar-refractivity contribution in [1.82, 2.24) is 9.88 Å². The Labute approximate surface area is 135 Å². The largest absolute Gasteiger partial charge is 0.302 e. The molecule has 0 bridgehead atoms. The first-order valence-corrected chi connectivity index (χ1v) is 8.37. The first-order valence-electron chi connectivity index (χ1n) is 7.56. The van der Waals surface area contributed by atoms with Gasteiger partial charge in [-0.1, -0.05) is 23.8 Å². The molecule has 1 aliphatic rings. The minimum absolute atomic E-state index is 0.0571. The molecule has 3 rings (SSSR count). The second-order valence-electron chi connectivity index (χ2n) is 5.96. The van der Waals surface area contributed by atoms with E-state index in [0.717, 1.165) is 36.9 Å². The molecule has 4 nitrogen and oxygen atoms in total. The van der Waals surface area contributed by atoms with E-state index >= 15 is 0 Å². The number of carbonyl (C=O) groups excluding carboxylic acids is 1. The van der Waals surface area contributed by atoms with Gasteiger partial charge in [0.1, 0.15) is 0 Å². The molecule has 5 heteroatoms. The fourth-order valence-corrected chi connectivity index (χ4v) is 3.90. The Bertz CT molecular complexity index is 708. The summed E-state index contributed by atoms with van der Waals surface area (Å²) in [4.78, 5) is 19.4. The number of carbonyl (C=O) groups is 1. The third-order valence-electron chi connectivity index (χ3n) is 3.99. The molecule has 1 amide bonds. The van der Waals surface area contributed by atoms with Gasteiger partial charge in [-0.25, -0.2) is 4.98 Å². The number of fused-ring (bicyclic) bond motifs is 1. The van der Waals surface area contributed by atoms with Crippen LogP contribution in [0.3, 0.4) is 0 Å². The van der Waals surface area contributed by atoms with Gasteiger partial charge in [0.2, 0.25) is 5.91 Å². The SMILES string of the molecule is CC(=O)Nc1nc2c(s1)CN(Cc1cc(C)ccc1C)CC2. The Morgan fingerprint density at radius 1 is 1.41 bits per heavy atom. The maximum absolute atomic E-state index is 11.1. The van der Waals surface area contributed by atoms with Gasteiger partial charge in [0.25, 0.3) is 0 Å². The molecule has 1 aromatic carbocycles. The number of nitrogens with one attached hydrogen (secondary N) is 1. The van der Waals surface area contributed by atoms with Crippen LogP contribution in [0.15, 0.2) is 18.2 Å². The predicted octanol–water partition coefficient (Wildman–Crippen LogP) is 3.28. The average molecular weight is 315 g/mol. The van der Waals surface area contributed by atoms with E-state index in [2.05, 4.69) is 47.2 Å². The third-order valence-corrected chi connectivity index (χ3v) is 4.99. The molecule has 0 aliphatic carbocycles. The summed E-state index contributed by atoms with van der Waals surface area (Å²) in [5.74, 6) is -0.0571. The molecule has 22 heavy (non-hydrogen) atoms. The minimum atomic E-state index is -0.0571. The smallest absolute Gasteiger partial charge is 0.223 e. The zero-order valence-corrected chi connectivity index (χ0v) is 14.1. The molecule has 0 unspecified atom stereocenters. The highest BCUT2D eigenvalue weighted by Gasteiger charge is 2.21. The first kappa shape index (κ1) is 15.2. The van der Waals surface area contributed by atoms with Crippen LogP contribution in [-0.4, -0.2) is 22.3 Å². The van der Waals surface area contributed by atoms with Crippen LogP contribution in [0.25, 0.3) is 0 Å². The molecule has 1 aromatic heterocycles. The van der Waals surface area contributed by atoms with Crippen LogP contribution in [-0.2, 0) is 24.3 Å². The lowest BCUT2D eigenvalue weighted by molar-refractivity contribution is -0.114. The summed E-state index contributed by atoms with van der Waals surface area (Å²) in [5, 5.41) is 3.52. The molecule has 2 heterocycles. The number of nitrogens with zero attached hydrogens (tertiary/aromatic N) is 2. The molecule has 0 saturated heterocycles. The Morgan fingerprint density at radius 3 is 3.00 bits per heavy atom. The topological polar surface area (TPSA) is 45.2 Å². The van der Waals surface area contributed by atoms with Gasteiger partial charge >= 0.3 is 0 Å². The van der Waals surface area contributed by atoms with E-state index in [-0.39, 0.29) is 5.91 Å². The fraction of sp³-hybridized carbons (Fsp3) is 0.412. The van der Waals surface area contributed by atoms with E-state index in [9.17, 15) is 4.79 Å². The molecular formula is C17H21N3OS. The van der Waals surface area contributed by atoms with Gasteiger partial charge < -0.3 is 5.32 Å². The zero-order chi connectivity index (χ0) is 15.7. The van der Waals surface area contributed by atoms with Crippen molar-refractivity contribution in [2.45, 2.75) is 40.3 Å². The highest BCUT2D eigenvalue weighted by atomic mass is 32.1. The number of amides is 1. The molecule has 0 fully saturated rings. The van der Waals surface area contributed by atoms with Crippen LogP contribution in [0, 0.1) is 13.8 Å². The van der Waals surface area contributed by atoms with Gasteiger partial charge in [0.15, 0.2) is 5.13 Å². The van der Waals surface area contributed by atoms with E-state index in [0.29, 0.717) is 0 Å². The summed E-state index contributed by atoms with van der Waals surface area (Å²) in [6, 6.07) is 6.64. The molecule has 0 radical (unpaired) electrons. The lowest BCUT2D eigenvalue weighted by Gasteiger charge is -2.26. The molecule has 1 aliphatic heterocycles. The molecule has 116 valence electrons. The van der Waals surface area contributed by atoms with E-state index in [4.69, 9.17) is 0 Å². The monoisotopic (exact) mass is 315 g/mol. The summed E-state index contributed by atoms with van der Waals surface area (Å²) in [6.07, 6.45) is 0.955. The van der Waals surface area contributed by atoms with E-state index in [1.807, 2.05) is 0 Å². The Kier molecular flexibility index (Phi) is 4.27. The van der Waals surface area contributed by atoms with Crippen molar-refractivity contribution in [1.29, 1.82) is 0 Å². The number of benzene rings is 1. The maximum atomic E-state index is 11.1. The third kappa shape index (κ3) is 3.36. The number of anilines is 1. The van der Waals surface area contributed by atoms with Crippen molar-refractivity contribution in [2.75, 3.05) is 11.9 Å². The number of hydrogen-bond acceptors (Lipinski definition) is 4. The Hall–Kier alpha value is -1.72. The van der Waals surface area contributed by atoms with Crippen molar-refractivity contribution < 1.29 is 4.79 Å². The summed E-state index contributed by atoms with van der Waals surface area (Å²) in [6.45, 7) is 8.74.